The van der Waals surface area contributed by atoms with E-state index in [1.807, 2.05) is 24.3 Å². The van der Waals surface area contributed by atoms with E-state index in [9.17, 15) is 14.4 Å². The maximum atomic E-state index is 12.7. The Bertz CT molecular complexity index is 968. The van der Waals surface area contributed by atoms with Gasteiger partial charge in [-0.05, 0) is 48.7 Å². The van der Waals surface area contributed by atoms with Crippen molar-refractivity contribution < 1.29 is 19.1 Å². The Morgan fingerprint density at radius 3 is 2.29 bits per heavy atom. The van der Waals surface area contributed by atoms with E-state index in [0.717, 1.165) is 47.6 Å². The van der Waals surface area contributed by atoms with Gasteiger partial charge >= 0.3 is 0 Å². The quantitative estimate of drug-likeness (QED) is 0.465. The van der Waals surface area contributed by atoms with E-state index < -0.39 is 23.7 Å². The third-order valence-electron chi connectivity index (χ3n) is 6.01. The van der Waals surface area contributed by atoms with Gasteiger partial charge in [-0.1, -0.05) is 40.2 Å². The lowest BCUT2D eigenvalue weighted by molar-refractivity contribution is -0.142. The molecule has 2 aromatic carbocycles. The van der Waals surface area contributed by atoms with Crippen molar-refractivity contribution >= 4 is 39.1 Å². The van der Waals surface area contributed by atoms with E-state index in [2.05, 4.69) is 45.1 Å². The summed E-state index contributed by atoms with van der Waals surface area (Å²) in [7, 11) is 0. The van der Waals surface area contributed by atoms with Crippen LogP contribution < -0.4 is 4.90 Å². The number of hydrogen-bond donors (Lipinski definition) is 0. The third kappa shape index (κ3) is 4.57. The number of halogens is 1. The lowest BCUT2D eigenvalue weighted by atomic mass is 9.90. The minimum Gasteiger partial charge on any atom is -0.378 e. The van der Waals surface area contributed by atoms with Gasteiger partial charge in [-0.3, -0.25) is 14.4 Å². The fourth-order valence-electron chi connectivity index (χ4n) is 4.35. The van der Waals surface area contributed by atoms with Crippen molar-refractivity contribution in [1.82, 2.24) is 4.90 Å². The minimum atomic E-state index is -0.947. The molecule has 1 amide bonds. The lowest BCUT2D eigenvalue weighted by Gasteiger charge is -2.29. The summed E-state index contributed by atoms with van der Waals surface area (Å²) >= 11 is 3.41. The molecular formula is C24H25BrN2O4. The molecule has 0 saturated carbocycles. The molecule has 0 radical (unpaired) electrons. The summed E-state index contributed by atoms with van der Waals surface area (Å²) in [5.41, 5.74) is 3.03. The highest BCUT2D eigenvalue weighted by molar-refractivity contribution is 9.10. The fourth-order valence-corrected chi connectivity index (χ4v) is 4.61. The first-order valence-corrected chi connectivity index (χ1v) is 11.3. The van der Waals surface area contributed by atoms with Crippen molar-refractivity contribution in [1.29, 1.82) is 0 Å². The van der Waals surface area contributed by atoms with Crippen LogP contribution in [-0.4, -0.2) is 55.2 Å². The van der Waals surface area contributed by atoms with Crippen LogP contribution in [0.4, 0.5) is 5.69 Å². The normalized spacial score (nSPS) is 21.6. The number of ketones is 2. The summed E-state index contributed by atoms with van der Waals surface area (Å²) in [5, 5.41) is 0. The monoisotopic (exact) mass is 484 g/mol. The van der Waals surface area contributed by atoms with E-state index in [-0.39, 0.29) is 5.78 Å². The zero-order chi connectivity index (χ0) is 22.0. The first-order valence-electron chi connectivity index (χ1n) is 10.5. The molecular weight excluding hydrogens is 460 g/mol. The number of Topliss-reactive ketones (excluding diaryl/α,β-unsaturated/α-hetero) is 2. The van der Waals surface area contributed by atoms with Crippen LogP contribution in [0.5, 0.6) is 0 Å². The van der Waals surface area contributed by atoms with Crippen LogP contribution in [0.15, 0.2) is 53.0 Å². The van der Waals surface area contributed by atoms with Gasteiger partial charge < -0.3 is 14.5 Å². The Balaban J connectivity index is 1.51. The molecule has 162 valence electrons. The second kappa shape index (κ2) is 9.32. The molecule has 2 saturated heterocycles. The third-order valence-corrected chi connectivity index (χ3v) is 6.54. The van der Waals surface area contributed by atoms with Crippen LogP contribution in [0.3, 0.4) is 0 Å². The number of carbonyl (C=O) groups excluding carboxylic acids is 3. The number of carbonyl (C=O) groups is 3. The molecule has 0 spiro atoms. The van der Waals surface area contributed by atoms with Gasteiger partial charge in [0.1, 0.15) is 11.7 Å². The van der Waals surface area contributed by atoms with Gasteiger partial charge in [0, 0.05) is 29.8 Å². The van der Waals surface area contributed by atoms with Gasteiger partial charge in [0.25, 0.3) is 5.91 Å². The Kier molecular flexibility index (Phi) is 6.53. The van der Waals surface area contributed by atoms with Gasteiger partial charge in [-0.25, -0.2) is 0 Å². The molecule has 0 aromatic heterocycles. The molecule has 2 heterocycles. The number of nitrogens with zero attached hydrogens (tertiary/aromatic N) is 2. The summed E-state index contributed by atoms with van der Waals surface area (Å²) in [4.78, 5) is 41.4. The lowest BCUT2D eigenvalue weighted by Crippen LogP contribution is -2.36. The highest BCUT2D eigenvalue weighted by atomic mass is 79.9. The van der Waals surface area contributed by atoms with E-state index in [0.29, 0.717) is 13.0 Å². The second-order valence-corrected chi connectivity index (χ2v) is 8.88. The predicted molar refractivity (Wildman–Crippen MR) is 121 cm³/mol. The van der Waals surface area contributed by atoms with Gasteiger partial charge in [-0.15, -0.1) is 0 Å². The highest BCUT2D eigenvalue weighted by Crippen LogP contribution is 2.37. The molecule has 4 rings (SSSR count). The smallest absolute Gasteiger partial charge is 0.291 e. The summed E-state index contributed by atoms with van der Waals surface area (Å²) in [6.07, 6.45) is 0.611. The van der Waals surface area contributed by atoms with E-state index in [4.69, 9.17) is 4.74 Å². The Labute approximate surface area is 190 Å². The Hall–Kier alpha value is -2.51. The number of benzene rings is 2. The highest BCUT2D eigenvalue weighted by Gasteiger charge is 2.49. The van der Waals surface area contributed by atoms with Crippen LogP contribution in [-0.2, 0) is 25.5 Å². The molecule has 0 N–H and O–H groups in total. The van der Waals surface area contributed by atoms with Crippen molar-refractivity contribution in [3.8, 4) is 0 Å². The van der Waals surface area contributed by atoms with Gasteiger partial charge in [0.2, 0.25) is 5.78 Å². The number of rotatable bonds is 6. The summed E-state index contributed by atoms with van der Waals surface area (Å²) in [6.45, 7) is 5.00. The zero-order valence-corrected chi connectivity index (χ0v) is 19.0. The summed E-state index contributed by atoms with van der Waals surface area (Å²) in [5.74, 6) is -2.40. The summed E-state index contributed by atoms with van der Waals surface area (Å²) in [6, 6.07) is 15.2. The molecule has 2 aliphatic rings. The zero-order valence-electron chi connectivity index (χ0n) is 17.4. The summed E-state index contributed by atoms with van der Waals surface area (Å²) < 4.78 is 6.31. The second-order valence-electron chi connectivity index (χ2n) is 7.96. The Morgan fingerprint density at radius 1 is 1.03 bits per heavy atom. The van der Waals surface area contributed by atoms with Crippen molar-refractivity contribution in [3.63, 3.8) is 0 Å². The van der Waals surface area contributed by atoms with Crippen molar-refractivity contribution in [2.24, 2.45) is 5.92 Å². The first-order chi connectivity index (χ1) is 15.0. The molecule has 2 atom stereocenters. The van der Waals surface area contributed by atoms with E-state index in [1.54, 1.807) is 4.90 Å². The molecule has 0 aliphatic carbocycles. The molecule has 7 heteroatoms. The molecule has 2 aromatic rings. The maximum Gasteiger partial charge on any atom is 0.291 e. The average molecular weight is 485 g/mol. The molecule has 0 bridgehead atoms. The number of hydrogen-bond acceptors (Lipinski definition) is 5. The van der Waals surface area contributed by atoms with Crippen LogP contribution >= 0.6 is 15.9 Å². The van der Waals surface area contributed by atoms with Gasteiger partial charge in [0.05, 0.1) is 19.3 Å². The van der Waals surface area contributed by atoms with Gasteiger partial charge in [-0.2, -0.15) is 0 Å². The van der Waals surface area contributed by atoms with E-state index >= 15 is 0 Å². The largest absolute Gasteiger partial charge is 0.378 e. The van der Waals surface area contributed by atoms with E-state index in [1.165, 1.54) is 6.92 Å². The number of ether oxygens (including phenoxy) is 1. The molecule has 6 nitrogen and oxygen atoms in total. The van der Waals surface area contributed by atoms with Crippen molar-refractivity contribution in [2.45, 2.75) is 19.4 Å². The van der Waals surface area contributed by atoms with Crippen LogP contribution in [0.25, 0.3) is 0 Å². The predicted octanol–water partition coefficient (Wildman–Crippen LogP) is 3.19. The topological polar surface area (TPSA) is 66.9 Å². The van der Waals surface area contributed by atoms with Gasteiger partial charge in [0.15, 0.2) is 0 Å². The molecule has 2 unspecified atom stereocenters. The number of amides is 1. The van der Waals surface area contributed by atoms with Crippen molar-refractivity contribution in [2.75, 3.05) is 37.7 Å². The first kappa shape index (κ1) is 21.7. The van der Waals surface area contributed by atoms with Crippen LogP contribution in [0, 0.1) is 5.92 Å². The fraction of sp³-hybridized carbons (Fsp3) is 0.375. The van der Waals surface area contributed by atoms with Crippen LogP contribution in [0.1, 0.15) is 24.1 Å². The standard InChI is InChI=1S/C24H25BrN2O4/c1-16(28)21-22(18-4-6-19(25)7-5-18)27(24(30)23(21)29)11-10-17-2-8-20(9-3-17)26-12-14-31-15-13-26/h2-9,21-22H,10-15H2,1H3. The average Bonchev–Trinajstić information content (AvgIpc) is 3.04. The SMILES string of the molecule is CC(=O)C1C(=O)C(=O)N(CCc2ccc(N3CCOCC3)cc2)C1c1ccc(Br)cc1. The molecule has 2 fully saturated rings. The van der Waals surface area contributed by atoms with Crippen LogP contribution in [0.2, 0.25) is 0 Å². The maximum absolute atomic E-state index is 12.7. The minimum absolute atomic E-state index is 0.274. The molecule has 31 heavy (non-hydrogen) atoms. The number of anilines is 1. The van der Waals surface area contributed by atoms with Crippen molar-refractivity contribution in [3.05, 3.63) is 64.1 Å². The number of morpholine rings is 1. The molecule has 2 aliphatic heterocycles. The Morgan fingerprint density at radius 2 is 1.68 bits per heavy atom. The number of likely N-dealkylation sites (tertiary alicyclic amines) is 1.